The molecule has 2 heterocycles. The maximum Gasteiger partial charge on any atom is 0.256 e. The van der Waals surface area contributed by atoms with Crippen molar-refractivity contribution in [1.82, 2.24) is 10.2 Å². The Morgan fingerprint density at radius 1 is 1.24 bits per heavy atom. The van der Waals surface area contributed by atoms with Crippen LogP contribution in [-0.4, -0.2) is 36.0 Å². The van der Waals surface area contributed by atoms with Gasteiger partial charge in [-0.05, 0) is 43.9 Å². The van der Waals surface area contributed by atoms with Gasteiger partial charge in [0, 0.05) is 25.2 Å². The molecule has 1 aromatic carbocycles. The largest absolute Gasteiger partial charge is 0.339 e. The van der Waals surface area contributed by atoms with E-state index in [0.717, 1.165) is 43.9 Å². The number of amides is 1. The van der Waals surface area contributed by atoms with Crippen LogP contribution in [0.3, 0.4) is 0 Å². The fourth-order valence-corrected chi connectivity index (χ4v) is 3.36. The number of carbonyl (C=O) groups excluding carboxylic acids is 1. The first kappa shape index (κ1) is 16.2. The Balaban J connectivity index is 0.00000161. The normalized spacial score (nSPS) is 27.1. The molecule has 3 nitrogen and oxygen atoms in total. The Hall–Kier alpha value is -1.20. The van der Waals surface area contributed by atoms with E-state index in [0.29, 0.717) is 12.1 Å². The number of hydrogen-bond donors (Lipinski definition) is 1. The molecule has 3 rings (SSSR count). The van der Waals surface area contributed by atoms with Gasteiger partial charge in [-0.25, -0.2) is 8.78 Å². The molecule has 0 spiro atoms. The van der Waals surface area contributed by atoms with Crippen LogP contribution in [-0.2, 0) is 0 Å². The Labute approximate surface area is 129 Å². The number of rotatable bonds is 2. The highest BCUT2D eigenvalue weighted by Crippen LogP contribution is 2.30. The molecular weight excluding hydrogens is 298 g/mol. The second kappa shape index (κ2) is 6.28. The van der Waals surface area contributed by atoms with Gasteiger partial charge in [-0.1, -0.05) is 0 Å². The summed E-state index contributed by atoms with van der Waals surface area (Å²) in [6, 6.07) is 4.00. The number of hydrogen-bond acceptors (Lipinski definition) is 2. The van der Waals surface area contributed by atoms with Crippen LogP contribution in [0.1, 0.15) is 36.0 Å². The number of carbonyl (C=O) groups is 1. The molecule has 0 saturated carbocycles. The molecular formula is C15H19ClF2N2O. The second-order valence-electron chi connectivity index (χ2n) is 5.80. The lowest BCUT2D eigenvalue weighted by Crippen LogP contribution is -2.48. The molecule has 2 atom stereocenters. The quantitative estimate of drug-likeness (QED) is 0.910. The highest BCUT2D eigenvalue weighted by Gasteiger charge is 2.36. The molecule has 1 amide bonds. The van der Waals surface area contributed by atoms with Gasteiger partial charge in [0.15, 0.2) is 0 Å². The summed E-state index contributed by atoms with van der Waals surface area (Å²) in [5.74, 6) is -1.69. The van der Waals surface area contributed by atoms with E-state index in [1.807, 2.05) is 0 Å². The van der Waals surface area contributed by atoms with Crippen LogP contribution in [0, 0.1) is 11.6 Å². The van der Waals surface area contributed by atoms with Crippen molar-refractivity contribution in [2.45, 2.75) is 43.8 Å². The first-order chi connectivity index (χ1) is 9.54. The van der Waals surface area contributed by atoms with Gasteiger partial charge in [0.2, 0.25) is 0 Å². The summed E-state index contributed by atoms with van der Waals surface area (Å²) in [5, 5.41) is 3.50. The van der Waals surface area contributed by atoms with Crippen molar-refractivity contribution in [1.29, 1.82) is 0 Å². The molecule has 2 saturated heterocycles. The number of fused-ring (bicyclic) bond motifs is 2. The molecule has 1 aromatic rings. The Kier molecular flexibility index (Phi) is 4.84. The van der Waals surface area contributed by atoms with Crippen molar-refractivity contribution in [2.24, 2.45) is 0 Å². The van der Waals surface area contributed by atoms with Crippen LogP contribution in [0.4, 0.5) is 8.78 Å². The minimum absolute atomic E-state index is 0. The maximum absolute atomic E-state index is 13.7. The zero-order valence-corrected chi connectivity index (χ0v) is 12.6. The number of nitrogens with zero attached hydrogens (tertiary/aromatic N) is 1. The predicted octanol–water partition coefficient (Wildman–Crippen LogP) is 2.74. The third-order valence-corrected chi connectivity index (χ3v) is 4.48. The molecule has 2 unspecified atom stereocenters. The molecule has 2 fully saturated rings. The van der Waals surface area contributed by atoms with Gasteiger partial charge in [0.25, 0.3) is 5.91 Å². The Morgan fingerprint density at radius 2 is 1.86 bits per heavy atom. The molecule has 0 aliphatic carbocycles. The Bertz CT molecular complexity index is 528. The summed E-state index contributed by atoms with van der Waals surface area (Å²) in [4.78, 5) is 13.9. The van der Waals surface area contributed by atoms with E-state index in [4.69, 9.17) is 0 Å². The number of halogens is 3. The summed E-state index contributed by atoms with van der Waals surface area (Å²) >= 11 is 0. The number of nitrogens with one attached hydrogen (secondary N) is 1. The minimum atomic E-state index is -0.667. The molecule has 2 bridgehead atoms. The average Bonchev–Trinajstić information content (AvgIpc) is 2.78. The van der Waals surface area contributed by atoms with E-state index in [9.17, 15) is 13.6 Å². The summed E-state index contributed by atoms with van der Waals surface area (Å²) in [5.41, 5.74) is -0.182. The van der Waals surface area contributed by atoms with Crippen molar-refractivity contribution >= 4 is 18.3 Å². The lowest BCUT2D eigenvalue weighted by atomic mass is 9.98. The van der Waals surface area contributed by atoms with Gasteiger partial charge in [-0.3, -0.25) is 4.79 Å². The Morgan fingerprint density at radius 3 is 2.48 bits per heavy atom. The molecule has 6 heteroatoms. The van der Waals surface area contributed by atoms with Crippen LogP contribution in [0.25, 0.3) is 0 Å². The van der Waals surface area contributed by atoms with E-state index in [-0.39, 0.29) is 24.0 Å². The second-order valence-corrected chi connectivity index (χ2v) is 5.80. The van der Waals surface area contributed by atoms with Crippen molar-refractivity contribution in [2.75, 3.05) is 7.05 Å². The molecule has 1 N–H and O–H groups in total. The minimum Gasteiger partial charge on any atom is -0.339 e. The van der Waals surface area contributed by atoms with Crippen LogP contribution in [0.15, 0.2) is 18.2 Å². The first-order valence-electron chi connectivity index (χ1n) is 7.03. The number of piperidine rings is 1. The van der Waals surface area contributed by atoms with Crippen molar-refractivity contribution in [3.63, 3.8) is 0 Å². The van der Waals surface area contributed by atoms with Gasteiger partial charge in [0.1, 0.15) is 11.6 Å². The highest BCUT2D eigenvalue weighted by atomic mass is 35.5. The third kappa shape index (κ3) is 3.19. The summed E-state index contributed by atoms with van der Waals surface area (Å²) in [7, 11) is 1.68. The fraction of sp³-hybridized carbons (Fsp3) is 0.533. The topological polar surface area (TPSA) is 32.3 Å². The average molecular weight is 317 g/mol. The van der Waals surface area contributed by atoms with Crippen molar-refractivity contribution < 1.29 is 13.6 Å². The lowest BCUT2D eigenvalue weighted by molar-refractivity contribution is 0.0676. The fourth-order valence-electron chi connectivity index (χ4n) is 3.36. The van der Waals surface area contributed by atoms with Gasteiger partial charge in [0.05, 0.1) is 5.56 Å². The van der Waals surface area contributed by atoms with E-state index >= 15 is 0 Å². The van der Waals surface area contributed by atoms with Gasteiger partial charge in [-0.15, -0.1) is 12.4 Å². The zero-order chi connectivity index (χ0) is 14.3. The van der Waals surface area contributed by atoms with Crippen LogP contribution >= 0.6 is 12.4 Å². The molecule has 21 heavy (non-hydrogen) atoms. The van der Waals surface area contributed by atoms with Gasteiger partial charge in [-0.2, -0.15) is 0 Å². The number of benzene rings is 1. The molecule has 116 valence electrons. The van der Waals surface area contributed by atoms with E-state index in [1.54, 1.807) is 11.9 Å². The van der Waals surface area contributed by atoms with Crippen LogP contribution in [0.5, 0.6) is 0 Å². The predicted molar refractivity (Wildman–Crippen MR) is 78.7 cm³/mol. The molecule has 2 aliphatic heterocycles. The summed E-state index contributed by atoms with van der Waals surface area (Å²) < 4.78 is 26.9. The maximum atomic E-state index is 13.7. The zero-order valence-electron chi connectivity index (χ0n) is 11.8. The SMILES string of the molecule is CN(C(=O)c1cc(F)ccc1F)C1CC2CCC(C1)N2.Cl. The van der Waals surface area contributed by atoms with E-state index in [1.165, 1.54) is 0 Å². The van der Waals surface area contributed by atoms with E-state index < -0.39 is 17.5 Å². The monoisotopic (exact) mass is 316 g/mol. The van der Waals surface area contributed by atoms with E-state index in [2.05, 4.69) is 5.32 Å². The molecule has 0 aromatic heterocycles. The molecule has 2 aliphatic rings. The molecule has 0 radical (unpaired) electrons. The standard InChI is InChI=1S/C15H18F2N2O.ClH/c1-19(12-7-10-3-4-11(8-12)18-10)15(20)13-6-9(16)2-5-14(13)17;/h2,5-6,10-12,18H,3-4,7-8H2,1H3;1H. The highest BCUT2D eigenvalue weighted by molar-refractivity contribution is 5.94. The van der Waals surface area contributed by atoms with Crippen LogP contribution < -0.4 is 5.32 Å². The smallest absolute Gasteiger partial charge is 0.256 e. The summed E-state index contributed by atoms with van der Waals surface area (Å²) in [6.45, 7) is 0. The van der Waals surface area contributed by atoms with Gasteiger partial charge >= 0.3 is 0 Å². The first-order valence-corrected chi connectivity index (χ1v) is 7.03. The van der Waals surface area contributed by atoms with Crippen molar-refractivity contribution in [3.05, 3.63) is 35.4 Å². The van der Waals surface area contributed by atoms with Crippen molar-refractivity contribution in [3.8, 4) is 0 Å². The van der Waals surface area contributed by atoms with Gasteiger partial charge < -0.3 is 10.2 Å². The lowest BCUT2D eigenvalue weighted by Gasteiger charge is -2.35. The summed E-state index contributed by atoms with van der Waals surface area (Å²) in [6.07, 6.45) is 4.04. The van der Waals surface area contributed by atoms with Crippen LogP contribution in [0.2, 0.25) is 0 Å². The third-order valence-electron chi connectivity index (χ3n) is 4.48.